The van der Waals surface area contributed by atoms with Crippen LogP contribution in [-0.2, 0) is 0 Å². The minimum atomic E-state index is -0.106. The lowest BCUT2D eigenvalue weighted by atomic mass is 10.7. The van der Waals surface area contributed by atoms with Crippen molar-refractivity contribution in [2.24, 2.45) is 0 Å². The van der Waals surface area contributed by atoms with Gasteiger partial charge in [0.05, 0.1) is 0 Å². The zero-order valence-corrected chi connectivity index (χ0v) is 10.8. The fraction of sp³-hybridized carbons (Fsp3) is 0. The standard InChI is InChI=1S/C8H6IPS2/c9-10(7-1-3-11-5-7)8-2-4-12-6-8/h1-6H. The van der Waals surface area contributed by atoms with Gasteiger partial charge in [-0.2, -0.15) is 22.7 Å². The molecule has 12 heavy (non-hydrogen) atoms. The molecule has 2 heterocycles. The molecule has 0 amide bonds. The molecule has 4 heteroatoms. The molecule has 0 aliphatic heterocycles. The first kappa shape index (κ1) is 9.13. The van der Waals surface area contributed by atoms with E-state index in [9.17, 15) is 0 Å². The number of halogens is 1. The van der Waals surface area contributed by atoms with E-state index in [-0.39, 0.29) is 5.56 Å². The number of hydrogen-bond acceptors (Lipinski definition) is 2. The molecular weight excluding hydrogens is 318 g/mol. The second-order valence-corrected chi connectivity index (χ2v) is 8.29. The Morgan fingerprint density at radius 1 is 1.00 bits per heavy atom. The Hall–Kier alpha value is 0.560. The highest BCUT2D eigenvalue weighted by molar-refractivity contribution is 14.2. The lowest BCUT2D eigenvalue weighted by Gasteiger charge is -2.03. The number of hydrogen-bond donors (Lipinski definition) is 0. The first-order valence-electron chi connectivity index (χ1n) is 3.38. The molecular formula is C8H6IPS2. The molecule has 0 N–H and O–H groups in total. The summed E-state index contributed by atoms with van der Waals surface area (Å²) in [5.41, 5.74) is -0.106. The predicted octanol–water partition coefficient (Wildman–Crippen LogP) is 3.59. The maximum Gasteiger partial charge on any atom is 0.0232 e. The molecule has 0 atom stereocenters. The number of rotatable bonds is 2. The first-order valence-corrected chi connectivity index (χ1v) is 9.39. The highest BCUT2D eigenvalue weighted by Gasteiger charge is 2.09. The summed E-state index contributed by atoms with van der Waals surface area (Å²) in [4.78, 5) is 0. The van der Waals surface area contributed by atoms with Gasteiger partial charge in [-0.1, -0.05) is 0 Å². The number of thiophene rings is 2. The molecule has 0 aromatic carbocycles. The van der Waals surface area contributed by atoms with Crippen LogP contribution in [-0.4, -0.2) is 0 Å². The Morgan fingerprint density at radius 2 is 1.50 bits per heavy atom. The minimum absolute atomic E-state index is 0.106. The average Bonchev–Trinajstić information content (AvgIpc) is 2.77. The van der Waals surface area contributed by atoms with E-state index in [0.717, 1.165) is 0 Å². The summed E-state index contributed by atoms with van der Waals surface area (Å²) in [5, 5.41) is 11.7. The summed E-state index contributed by atoms with van der Waals surface area (Å²) in [6.45, 7) is 0. The van der Waals surface area contributed by atoms with Crippen LogP contribution in [0.5, 0.6) is 0 Å². The van der Waals surface area contributed by atoms with Crippen molar-refractivity contribution in [1.29, 1.82) is 0 Å². The summed E-state index contributed by atoms with van der Waals surface area (Å²) < 4.78 is 0. The van der Waals surface area contributed by atoms with Crippen molar-refractivity contribution in [2.75, 3.05) is 0 Å². The van der Waals surface area contributed by atoms with Gasteiger partial charge in [-0.3, -0.25) is 0 Å². The van der Waals surface area contributed by atoms with Gasteiger partial charge in [-0.25, -0.2) is 0 Å². The Bertz CT molecular complexity index is 294. The third kappa shape index (κ3) is 1.90. The van der Waals surface area contributed by atoms with Crippen molar-refractivity contribution < 1.29 is 0 Å². The molecule has 0 radical (unpaired) electrons. The van der Waals surface area contributed by atoms with Gasteiger partial charge in [-0.05, 0) is 55.7 Å². The minimum Gasteiger partial charge on any atom is -0.152 e. The van der Waals surface area contributed by atoms with E-state index < -0.39 is 0 Å². The molecule has 0 aliphatic rings. The highest BCUT2D eigenvalue weighted by atomic mass is 127. The molecule has 2 aromatic rings. The summed E-state index contributed by atoms with van der Waals surface area (Å²) >= 11 is 6.10. The van der Waals surface area contributed by atoms with Crippen LogP contribution in [0.3, 0.4) is 0 Å². The van der Waals surface area contributed by atoms with Gasteiger partial charge in [0.2, 0.25) is 0 Å². The second-order valence-electron chi connectivity index (χ2n) is 2.24. The predicted molar refractivity (Wildman–Crippen MR) is 68.8 cm³/mol. The van der Waals surface area contributed by atoms with E-state index in [1.54, 1.807) is 22.7 Å². The first-order chi connectivity index (χ1) is 5.88. The highest BCUT2D eigenvalue weighted by Crippen LogP contribution is 2.43. The van der Waals surface area contributed by atoms with Gasteiger partial charge in [-0.15, -0.1) is 0 Å². The summed E-state index contributed by atoms with van der Waals surface area (Å²) in [5.74, 6) is 0. The van der Waals surface area contributed by atoms with Crippen LogP contribution in [0, 0.1) is 0 Å². The molecule has 0 saturated heterocycles. The average molecular weight is 324 g/mol. The molecule has 2 aromatic heterocycles. The lowest BCUT2D eigenvalue weighted by Crippen LogP contribution is -2.01. The molecule has 62 valence electrons. The molecule has 0 unspecified atom stereocenters. The smallest absolute Gasteiger partial charge is 0.0232 e. The maximum absolute atomic E-state index is 2.54. The van der Waals surface area contributed by atoms with E-state index in [0.29, 0.717) is 0 Å². The molecule has 0 nitrogen and oxygen atoms in total. The fourth-order valence-electron chi connectivity index (χ4n) is 0.887. The third-order valence-corrected chi connectivity index (χ3v) is 7.99. The topological polar surface area (TPSA) is 0 Å². The van der Waals surface area contributed by atoms with Gasteiger partial charge >= 0.3 is 0 Å². The second kappa shape index (κ2) is 4.18. The fourth-order valence-corrected chi connectivity index (χ4v) is 6.96. The summed E-state index contributed by atoms with van der Waals surface area (Å²) in [7, 11) is 0. The Morgan fingerprint density at radius 3 is 1.83 bits per heavy atom. The van der Waals surface area contributed by atoms with Crippen molar-refractivity contribution in [3.8, 4) is 0 Å². The molecule has 0 fully saturated rings. The van der Waals surface area contributed by atoms with E-state index >= 15 is 0 Å². The molecule has 0 aliphatic carbocycles. The van der Waals surface area contributed by atoms with E-state index in [4.69, 9.17) is 0 Å². The molecule has 0 bridgehead atoms. The normalized spacial score (nSPS) is 10.8. The molecule has 0 spiro atoms. The monoisotopic (exact) mass is 324 g/mol. The van der Waals surface area contributed by atoms with Gasteiger partial charge in [0.1, 0.15) is 0 Å². The van der Waals surface area contributed by atoms with Crippen LogP contribution in [0.4, 0.5) is 0 Å². The van der Waals surface area contributed by atoms with Crippen LogP contribution in [0.25, 0.3) is 0 Å². The van der Waals surface area contributed by atoms with Gasteiger partial charge < -0.3 is 0 Å². The van der Waals surface area contributed by atoms with Gasteiger partial charge in [0.15, 0.2) is 0 Å². The Balaban J connectivity index is 2.27. The van der Waals surface area contributed by atoms with E-state index in [1.165, 1.54) is 10.6 Å². The Labute approximate surface area is 93.9 Å². The zero-order chi connectivity index (χ0) is 8.39. The van der Waals surface area contributed by atoms with Crippen molar-refractivity contribution in [3.63, 3.8) is 0 Å². The quantitative estimate of drug-likeness (QED) is 0.585. The van der Waals surface area contributed by atoms with Crippen molar-refractivity contribution in [1.82, 2.24) is 0 Å². The van der Waals surface area contributed by atoms with Crippen LogP contribution in [0.2, 0.25) is 0 Å². The van der Waals surface area contributed by atoms with Gasteiger partial charge in [0, 0.05) is 16.2 Å². The Kier molecular flexibility index (Phi) is 3.18. The summed E-state index contributed by atoms with van der Waals surface area (Å²) in [6.07, 6.45) is 0. The third-order valence-electron chi connectivity index (χ3n) is 1.47. The van der Waals surface area contributed by atoms with Gasteiger partial charge in [0.25, 0.3) is 0 Å². The van der Waals surface area contributed by atoms with Crippen molar-refractivity contribution in [2.45, 2.75) is 0 Å². The van der Waals surface area contributed by atoms with Crippen LogP contribution in [0.1, 0.15) is 0 Å². The van der Waals surface area contributed by atoms with E-state index in [2.05, 4.69) is 55.7 Å². The molecule has 0 saturated carbocycles. The molecule has 2 rings (SSSR count). The van der Waals surface area contributed by atoms with Crippen molar-refractivity contribution in [3.05, 3.63) is 33.7 Å². The van der Waals surface area contributed by atoms with E-state index in [1.807, 2.05) is 0 Å². The van der Waals surface area contributed by atoms with Crippen molar-refractivity contribution >= 4 is 60.9 Å². The summed E-state index contributed by atoms with van der Waals surface area (Å²) in [6, 6.07) is 4.45. The maximum atomic E-state index is 2.54. The zero-order valence-electron chi connectivity index (χ0n) is 6.11. The lowest BCUT2D eigenvalue weighted by molar-refractivity contribution is 2.12. The van der Waals surface area contributed by atoms with Crippen LogP contribution in [0.15, 0.2) is 33.7 Å². The largest absolute Gasteiger partial charge is 0.152 e. The van der Waals surface area contributed by atoms with Crippen LogP contribution < -0.4 is 10.6 Å². The van der Waals surface area contributed by atoms with Crippen LogP contribution >= 0.6 is 50.3 Å². The SMILES string of the molecule is IP(c1ccsc1)c1ccsc1.